The van der Waals surface area contributed by atoms with Gasteiger partial charge in [-0.1, -0.05) is 65.2 Å². The van der Waals surface area contributed by atoms with E-state index in [2.05, 4.69) is 34.1 Å². The van der Waals surface area contributed by atoms with Gasteiger partial charge in [-0.05, 0) is 36.8 Å². The lowest BCUT2D eigenvalue weighted by atomic mass is 9.85. The Morgan fingerprint density at radius 1 is 1.24 bits per heavy atom. The van der Waals surface area contributed by atoms with Crippen molar-refractivity contribution in [2.45, 2.75) is 38.0 Å². The number of fused-ring (bicyclic) bond motifs is 1. The largest absolute Gasteiger partial charge is 0.322 e. The molecule has 1 aromatic carbocycles. The second-order valence-corrected chi connectivity index (χ2v) is 8.22. The van der Waals surface area contributed by atoms with E-state index >= 15 is 0 Å². The van der Waals surface area contributed by atoms with Gasteiger partial charge in [-0.15, -0.1) is 0 Å². The Labute approximate surface area is 157 Å². The van der Waals surface area contributed by atoms with Gasteiger partial charge in [0, 0.05) is 22.0 Å². The smallest absolute Gasteiger partial charge is 0.159 e. The molecule has 4 heteroatoms. The number of hydrogen-bond donors (Lipinski definition) is 1. The molecule has 4 rings (SSSR count). The van der Waals surface area contributed by atoms with Gasteiger partial charge in [0.15, 0.2) is 5.78 Å². The number of halogens is 1. The second kappa shape index (κ2) is 6.91. The Hall–Kier alpha value is -1.68. The van der Waals surface area contributed by atoms with Gasteiger partial charge >= 0.3 is 0 Å². The molecular weight excluding hydrogens is 376 g/mol. The maximum Gasteiger partial charge on any atom is 0.159 e. The van der Waals surface area contributed by atoms with E-state index in [0.717, 1.165) is 16.6 Å². The van der Waals surface area contributed by atoms with E-state index in [9.17, 15) is 4.79 Å². The molecule has 2 atom stereocenters. The van der Waals surface area contributed by atoms with Crippen LogP contribution >= 0.6 is 15.9 Å². The molecule has 1 saturated carbocycles. The molecule has 0 radical (unpaired) electrons. The highest BCUT2D eigenvalue weighted by atomic mass is 79.9. The van der Waals surface area contributed by atoms with Crippen LogP contribution in [0.2, 0.25) is 0 Å². The third-order valence-corrected chi connectivity index (χ3v) is 6.39. The van der Waals surface area contributed by atoms with E-state index in [-0.39, 0.29) is 17.6 Å². The summed E-state index contributed by atoms with van der Waals surface area (Å²) in [5, 5.41) is 8.79. The number of amidine groups is 1. The minimum absolute atomic E-state index is 0.0770. The number of anilines is 1. The molecule has 130 valence electrons. The fraction of sp³-hybridized carbons (Fsp3) is 0.429. The van der Waals surface area contributed by atoms with Gasteiger partial charge in [-0.2, -0.15) is 0 Å². The molecule has 3 aliphatic rings. The Morgan fingerprint density at radius 2 is 2.00 bits per heavy atom. The van der Waals surface area contributed by atoms with Gasteiger partial charge in [0.1, 0.15) is 5.84 Å². The number of para-hydroxylation sites is 1. The van der Waals surface area contributed by atoms with E-state index in [0.29, 0.717) is 18.3 Å². The number of ketones is 1. The summed E-state index contributed by atoms with van der Waals surface area (Å²) in [6.07, 6.45) is 11.7. The van der Waals surface area contributed by atoms with E-state index in [1.54, 1.807) is 0 Å². The predicted molar refractivity (Wildman–Crippen MR) is 105 cm³/mol. The standard InChI is InChI=1S/C21H23BrN2O/c22-16-11-9-14(10-12-16)19(25)13-24-18-8-4-3-7-17(18)20(21(24)23)15-5-1-2-6-15/h3-4,7-9,11-12,14-15,20,23H,1-2,5-6,10,13H2. The molecule has 0 amide bonds. The topological polar surface area (TPSA) is 44.2 Å². The maximum atomic E-state index is 12.8. The summed E-state index contributed by atoms with van der Waals surface area (Å²) in [6, 6.07) is 8.30. The first-order valence-corrected chi connectivity index (χ1v) is 9.96. The highest BCUT2D eigenvalue weighted by Gasteiger charge is 2.40. The van der Waals surface area contributed by atoms with Gasteiger partial charge in [0.25, 0.3) is 0 Å². The van der Waals surface area contributed by atoms with Crippen LogP contribution in [-0.2, 0) is 4.79 Å². The molecule has 0 bridgehead atoms. The van der Waals surface area contributed by atoms with E-state index in [4.69, 9.17) is 5.41 Å². The summed E-state index contributed by atoms with van der Waals surface area (Å²) in [5.41, 5.74) is 2.31. The quantitative estimate of drug-likeness (QED) is 0.758. The van der Waals surface area contributed by atoms with Gasteiger partial charge < -0.3 is 4.90 Å². The van der Waals surface area contributed by atoms with Gasteiger partial charge in [0.05, 0.1) is 6.54 Å². The Bertz CT molecular complexity index is 761. The maximum absolute atomic E-state index is 12.8. The SMILES string of the molecule is N=C1C(C2CCCC2)c2ccccc2N1CC(=O)C1C=CC(Br)=CC1. The lowest BCUT2D eigenvalue weighted by Crippen LogP contribution is -2.37. The van der Waals surface area contributed by atoms with Crippen molar-refractivity contribution in [2.24, 2.45) is 11.8 Å². The molecule has 1 aromatic rings. The average Bonchev–Trinajstić information content (AvgIpc) is 3.23. The number of nitrogens with zero attached hydrogens (tertiary/aromatic N) is 1. The van der Waals surface area contributed by atoms with E-state index in [1.165, 1.54) is 31.2 Å². The van der Waals surface area contributed by atoms with Crippen LogP contribution < -0.4 is 4.90 Å². The lowest BCUT2D eigenvalue weighted by Gasteiger charge is -2.24. The van der Waals surface area contributed by atoms with Gasteiger partial charge in [0.2, 0.25) is 0 Å². The summed E-state index contributed by atoms with van der Waals surface area (Å²) < 4.78 is 1.04. The molecule has 2 aliphatic carbocycles. The molecule has 0 saturated heterocycles. The van der Waals surface area contributed by atoms with Crippen LogP contribution in [0.25, 0.3) is 0 Å². The summed E-state index contributed by atoms with van der Waals surface area (Å²) in [7, 11) is 0. The normalized spacial score (nSPS) is 26.0. The second-order valence-electron chi connectivity index (χ2n) is 7.31. The van der Waals surface area contributed by atoms with E-state index < -0.39 is 0 Å². The summed E-state index contributed by atoms with van der Waals surface area (Å²) in [4.78, 5) is 14.8. The summed E-state index contributed by atoms with van der Waals surface area (Å²) in [6.45, 7) is 0.305. The molecule has 1 heterocycles. The average molecular weight is 399 g/mol. The summed E-state index contributed by atoms with van der Waals surface area (Å²) >= 11 is 3.45. The van der Waals surface area contributed by atoms with Crippen molar-refractivity contribution in [1.29, 1.82) is 5.41 Å². The zero-order valence-corrected chi connectivity index (χ0v) is 15.8. The number of allylic oxidation sites excluding steroid dienone is 4. The molecule has 3 nitrogen and oxygen atoms in total. The minimum atomic E-state index is -0.0770. The van der Waals surface area contributed by atoms with Crippen molar-refractivity contribution in [3.05, 3.63) is 52.5 Å². The Kier molecular flexibility index (Phi) is 4.63. The molecule has 1 aliphatic heterocycles. The van der Waals surface area contributed by atoms with Crippen molar-refractivity contribution in [1.82, 2.24) is 0 Å². The fourth-order valence-electron chi connectivity index (χ4n) is 4.49. The van der Waals surface area contributed by atoms with Crippen LogP contribution in [0.1, 0.15) is 43.6 Å². The van der Waals surface area contributed by atoms with Crippen molar-refractivity contribution < 1.29 is 4.79 Å². The molecule has 1 N–H and O–H groups in total. The number of hydrogen-bond acceptors (Lipinski definition) is 2. The van der Waals surface area contributed by atoms with Crippen molar-refractivity contribution in [3.63, 3.8) is 0 Å². The first kappa shape index (κ1) is 16.8. The van der Waals surface area contributed by atoms with Crippen LogP contribution in [0.4, 0.5) is 5.69 Å². The first-order valence-electron chi connectivity index (χ1n) is 9.16. The molecular formula is C21H23BrN2O. The third kappa shape index (κ3) is 3.12. The zero-order chi connectivity index (χ0) is 17.4. The summed E-state index contributed by atoms with van der Waals surface area (Å²) in [5.74, 6) is 1.47. The fourth-order valence-corrected chi connectivity index (χ4v) is 4.83. The van der Waals surface area contributed by atoms with Crippen molar-refractivity contribution in [3.8, 4) is 0 Å². The monoisotopic (exact) mass is 398 g/mol. The zero-order valence-electron chi connectivity index (χ0n) is 14.2. The molecule has 1 fully saturated rings. The third-order valence-electron chi connectivity index (χ3n) is 5.80. The predicted octanol–water partition coefficient (Wildman–Crippen LogP) is 5.18. The number of carbonyl (C=O) groups excluding carboxylic acids is 1. The van der Waals surface area contributed by atoms with Crippen molar-refractivity contribution in [2.75, 3.05) is 11.4 Å². The van der Waals surface area contributed by atoms with Crippen LogP contribution in [0.5, 0.6) is 0 Å². The number of carbonyl (C=O) groups is 1. The number of benzene rings is 1. The van der Waals surface area contributed by atoms with Gasteiger partial charge in [-0.3, -0.25) is 10.2 Å². The lowest BCUT2D eigenvalue weighted by molar-refractivity contribution is -0.120. The van der Waals surface area contributed by atoms with Gasteiger partial charge in [-0.25, -0.2) is 0 Å². The van der Waals surface area contributed by atoms with Crippen LogP contribution in [0, 0.1) is 17.2 Å². The van der Waals surface area contributed by atoms with Crippen molar-refractivity contribution >= 4 is 33.2 Å². The van der Waals surface area contributed by atoms with E-state index in [1.807, 2.05) is 29.2 Å². The van der Waals surface area contributed by atoms with Crippen LogP contribution in [0.15, 0.2) is 47.0 Å². The van der Waals surface area contributed by atoms with Crippen LogP contribution in [0.3, 0.4) is 0 Å². The molecule has 2 unspecified atom stereocenters. The molecule has 0 aromatic heterocycles. The Balaban J connectivity index is 1.56. The highest BCUT2D eigenvalue weighted by molar-refractivity contribution is 9.11. The molecule has 0 spiro atoms. The number of rotatable bonds is 4. The number of Topliss-reactive ketones (excluding diaryl/α,β-unsaturated/α-hetero) is 1. The highest BCUT2D eigenvalue weighted by Crippen LogP contribution is 2.46. The first-order chi connectivity index (χ1) is 12.1. The minimum Gasteiger partial charge on any atom is -0.322 e. The Morgan fingerprint density at radius 3 is 2.72 bits per heavy atom. The van der Waals surface area contributed by atoms with Crippen LogP contribution in [-0.4, -0.2) is 18.2 Å². The molecule has 25 heavy (non-hydrogen) atoms. The number of nitrogens with one attached hydrogen (secondary N) is 1.